The Kier molecular flexibility index (Phi) is 4.04. The number of aryl methyl sites for hydroxylation is 1. The van der Waals surface area contributed by atoms with Crippen molar-refractivity contribution >= 4 is 11.3 Å². The molecule has 26 heavy (non-hydrogen) atoms. The fourth-order valence-electron chi connectivity index (χ4n) is 4.05. The van der Waals surface area contributed by atoms with Gasteiger partial charge in [0.1, 0.15) is 0 Å². The van der Waals surface area contributed by atoms with Gasteiger partial charge in [0.05, 0.1) is 11.1 Å². The van der Waals surface area contributed by atoms with Crippen LogP contribution in [0.4, 0.5) is 5.69 Å². The topological polar surface area (TPSA) is 74.7 Å². The first-order valence-corrected chi connectivity index (χ1v) is 9.00. The summed E-state index contributed by atoms with van der Waals surface area (Å²) in [6, 6.07) is 5.70. The molecule has 0 amide bonds. The first-order valence-electron chi connectivity index (χ1n) is 9.00. The minimum Gasteiger partial charge on any atom is -0.493 e. The van der Waals surface area contributed by atoms with Gasteiger partial charge in [0.2, 0.25) is 5.88 Å². The van der Waals surface area contributed by atoms with E-state index in [1.54, 1.807) is 12.3 Å². The summed E-state index contributed by atoms with van der Waals surface area (Å²) in [5.74, 6) is 0.291. The van der Waals surface area contributed by atoms with Crippen molar-refractivity contribution in [1.29, 1.82) is 0 Å². The van der Waals surface area contributed by atoms with E-state index in [4.69, 9.17) is 10.7 Å². The molecule has 1 aromatic carbocycles. The van der Waals surface area contributed by atoms with Crippen LogP contribution in [-0.2, 0) is 0 Å². The Hall–Kier alpha value is -2.66. The van der Waals surface area contributed by atoms with Gasteiger partial charge in [-0.05, 0) is 57.6 Å². The summed E-state index contributed by atoms with van der Waals surface area (Å²) < 4.78 is 0. The van der Waals surface area contributed by atoms with E-state index >= 15 is 0 Å². The molecule has 1 aromatic heterocycles. The fourth-order valence-corrected chi connectivity index (χ4v) is 4.05. The van der Waals surface area contributed by atoms with Gasteiger partial charge in [-0.25, -0.2) is 9.98 Å². The Labute approximate surface area is 153 Å². The van der Waals surface area contributed by atoms with Crippen molar-refractivity contribution in [3.63, 3.8) is 0 Å². The lowest BCUT2D eigenvalue weighted by Crippen LogP contribution is -2.25. The third kappa shape index (κ3) is 2.69. The third-order valence-corrected chi connectivity index (χ3v) is 5.23. The molecule has 0 saturated heterocycles. The number of fused-ring (bicyclic) bond motifs is 4. The molecule has 0 bridgehead atoms. The van der Waals surface area contributed by atoms with E-state index in [-0.39, 0.29) is 5.88 Å². The van der Waals surface area contributed by atoms with Crippen LogP contribution >= 0.6 is 0 Å². The van der Waals surface area contributed by atoms with E-state index in [1.807, 2.05) is 6.07 Å². The molecule has 1 aliphatic carbocycles. The molecule has 0 saturated carbocycles. The zero-order chi connectivity index (χ0) is 18.4. The van der Waals surface area contributed by atoms with Gasteiger partial charge in [-0.1, -0.05) is 12.1 Å². The predicted molar refractivity (Wildman–Crippen MR) is 103 cm³/mol. The van der Waals surface area contributed by atoms with Crippen LogP contribution in [0.5, 0.6) is 5.88 Å². The molecule has 0 spiro atoms. The molecule has 134 valence electrons. The van der Waals surface area contributed by atoms with Gasteiger partial charge in [-0.2, -0.15) is 0 Å². The number of benzene rings is 1. The normalized spacial score (nSPS) is 17.5. The lowest BCUT2D eigenvalue weighted by Gasteiger charge is -2.27. The van der Waals surface area contributed by atoms with E-state index in [1.165, 1.54) is 11.1 Å². The average molecular weight is 348 g/mol. The van der Waals surface area contributed by atoms with Gasteiger partial charge in [-0.15, -0.1) is 0 Å². The molecule has 1 unspecified atom stereocenters. The zero-order valence-electron chi connectivity index (χ0n) is 15.5. The van der Waals surface area contributed by atoms with Gasteiger partial charge < -0.3 is 15.7 Å². The standard InChI is InChI=1S/C21H24N4O/c1-12-6-7-15(22)21-19(12)13(5-4-8-25(2)3)9-17-20(21)14-11-23-18(26)10-16(14)24-17/h6-7,9-11,13,26H,4-5,8,22H2,1-3H3. The van der Waals surface area contributed by atoms with Crippen LogP contribution in [0.2, 0.25) is 0 Å². The number of rotatable bonds is 4. The van der Waals surface area contributed by atoms with E-state index in [9.17, 15) is 5.11 Å². The third-order valence-electron chi connectivity index (χ3n) is 5.23. The number of aromatic nitrogens is 1. The van der Waals surface area contributed by atoms with E-state index < -0.39 is 0 Å². The highest BCUT2D eigenvalue weighted by Crippen LogP contribution is 2.43. The predicted octanol–water partition coefficient (Wildman–Crippen LogP) is 1.83. The number of nitrogens with zero attached hydrogens (tertiary/aromatic N) is 3. The quantitative estimate of drug-likeness (QED) is 0.827. The first-order chi connectivity index (χ1) is 12.5. The molecular formula is C21H24N4O. The lowest BCUT2D eigenvalue weighted by molar-refractivity contribution is 0.390. The Balaban J connectivity index is 1.91. The van der Waals surface area contributed by atoms with Gasteiger partial charge in [-0.3, -0.25) is 0 Å². The van der Waals surface area contributed by atoms with Crippen molar-refractivity contribution in [2.24, 2.45) is 4.99 Å². The second kappa shape index (κ2) is 6.25. The van der Waals surface area contributed by atoms with Crippen LogP contribution < -0.4 is 16.3 Å². The van der Waals surface area contributed by atoms with Crippen molar-refractivity contribution in [3.8, 4) is 5.88 Å². The number of anilines is 1. The van der Waals surface area contributed by atoms with Crippen LogP contribution in [0.1, 0.15) is 35.4 Å². The highest BCUT2D eigenvalue weighted by molar-refractivity contribution is 5.90. The van der Waals surface area contributed by atoms with E-state index in [2.05, 4.69) is 43.0 Å². The Morgan fingerprint density at radius 1 is 1.27 bits per heavy atom. The number of aromatic hydroxyl groups is 1. The van der Waals surface area contributed by atoms with Crippen LogP contribution in [0.15, 0.2) is 41.2 Å². The summed E-state index contributed by atoms with van der Waals surface area (Å²) in [6.45, 7) is 3.21. The van der Waals surface area contributed by atoms with Crippen LogP contribution in [0.25, 0.3) is 5.57 Å². The molecule has 3 N–H and O–H groups in total. The Morgan fingerprint density at radius 3 is 2.85 bits per heavy atom. The van der Waals surface area contributed by atoms with Gasteiger partial charge in [0.15, 0.2) is 0 Å². The van der Waals surface area contributed by atoms with E-state index in [0.29, 0.717) is 5.92 Å². The second-order valence-electron chi connectivity index (χ2n) is 7.41. The monoisotopic (exact) mass is 348 g/mol. The summed E-state index contributed by atoms with van der Waals surface area (Å²) >= 11 is 0. The number of nitrogen functional groups attached to an aromatic ring is 1. The van der Waals surface area contributed by atoms with Crippen molar-refractivity contribution in [2.45, 2.75) is 25.7 Å². The summed E-state index contributed by atoms with van der Waals surface area (Å²) in [6.07, 6.45) is 6.13. The molecule has 2 aliphatic rings. The molecular weight excluding hydrogens is 324 g/mol. The van der Waals surface area contributed by atoms with Crippen LogP contribution in [0, 0.1) is 6.92 Å². The molecule has 5 heteroatoms. The molecule has 1 atom stereocenters. The molecule has 4 rings (SSSR count). The highest BCUT2D eigenvalue weighted by Gasteiger charge is 2.30. The molecule has 5 nitrogen and oxygen atoms in total. The SMILES string of the molecule is Cc1ccc(N)c2c1C(CCCN(C)C)C=C1N=c3cc(O)ncc3=C12. The number of nitrogens with two attached hydrogens (primary N) is 1. The maximum Gasteiger partial charge on any atom is 0.212 e. The van der Waals surface area contributed by atoms with Crippen molar-refractivity contribution in [3.05, 3.63) is 63.4 Å². The van der Waals surface area contributed by atoms with Gasteiger partial charge in [0.25, 0.3) is 0 Å². The largest absolute Gasteiger partial charge is 0.493 e. The molecule has 2 aromatic rings. The average Bonchev–Trinajstić information content (AvgIpc) is 2.94. The van der Waals surface area contributed by atoms with Crippen molar-refractivity contribution in [2.75, 3.05) is 26.4 Å². The first kappa shape index (κ1) is 16.8. The Morgan fingerprint density at radius 2 is 2.08 bits per heavy atom. The molecule has 0 fully saturated rings. The van der Waals surface area contributed by atoms with E-state index in [0.717, 1.165) is 52.5 Å². The fraction of sp³-hybridized carbons (Fsp3) is 0.333. The minimum atomic E-state index is -0.00711. The zero-order valence-corrected chi connectivity index (χ0v) is 15.5. The highest BCUT2D eigenvalue weighted by atomic mass is 16.3. The lowest BCUT2D eigenvalue weighted by atomic mass is 9.78. The summed E-state index contributed by atoms with van der Waals surface area (Å²) in [5, 5.41) is 11.4. The maximum atomic E-state index is 9.71. The smallest absolute Gasteiger partial charge is 0.212 e. The number of hydrogen-bond acceptors (Lipinski definition) is 5. The van der Waals surface area contributed by atoms with Crippen molar-refractivity contribution < 1.29 is 5.11 Å². The summed E-state index contributed by atoms with van der Waals surface area (Å²) in [4.78, 5) is 11.0. The molecule has 0 radical (unpaired) electrons. The second-order valence-corrected chi connectivity index (χ2v) is 7.41. The number of hydrogen-bond donors (Lipinski definition) is 2. The summed E-state index contributed by atoms with van der Waals surface area (Å²) in [7, 11) is 4.20. The molecule has 2 heterocycles. The Bertz CT molecular complexity index is 1040. The maximum absolute atomic E-state index is 9.71. The van der Waals surface area contributed by atoms with Crippen LogP contribution in [-0.4, -0.2) is 35.6 Å². The summed E-state index contributed by atoms with van der Waals surface area (Å²) in [5.41, 5.74) is 12.9. The van der Waals surface area contributed by atoms with Gasteiger partial charge >= 0.3 is 0 Å². The van der Waals surface area contributed by atoms with Gasteiger partial charge in [0, 0.05) is 40.2 Å². The minimum absolute atomic E-state index is 0.00711. The number of pyridine rings is 1. The molecule has 1 aliphatic heterocycles. The van der Waals surface area contributed by atoms with Crippen molar-refractivity contribution in [1.82, 2.24) is 9.88 Å². The number of allylic oxidation sites excluding steroid dienone is 2. The van der Waals surface area contributed by atoms with Crippen LogP contribution in [0.3, 0.4) is 0 Å².